The molecule has 0 saturated carbocycles. The molecule has 2 aliphatic heterocycles. The summed E-state index contributed by atoms with van der Waals surface area (Å²) in [6.45, 7) is 3.31. The molecule has 2 heterocycles. The number of rotatable bonds is 0. The van der Waals surface area contributed by atoms with Gasteiger partial charge in [0.05, 0.1) is 0 Å². The molecule has 3 nitrogen and oxygen atoms in total. The summed E-state index contributed by atoms with van der Waals surface area (Å²) in [5, 5.41) is 1.95. The number of hydrogen-bond donors (Lipinski definition) is 0. The highest BCUT2D eigenvalue weighted by Gasteiger charge is 2.50. The van der Waals surface area contributed by atoms with Crippen molar-refractivity contribution in [1.29, 1.82) is 0 Å². The molecule has 2 unspecified atom stereocenters. The Bertz CT molecular complexity index is 420. The fraction of sp³-hybridized carbons (Fsp3) is 0.538. The summed E-state index contributed by atoms with van der Waals surface area (Å²) in [4.78, 5) is 8.22. The maximum Gasteiger partial charge on any atom is 0.160 e. The first-order valence-corrected chi connectivity index (χ1v) is 5.83. The fourth-order valence-corrected chi connectivity index (χ4v) is 3.01. The molecule has 2 aliphatic rings. The first-order valence-electron chi connectivity index (χ1n) is 5.83. The fourth-order valence-electron chi connectivity index (χ4n) is 3.01. The second-order valence-electron chi connectivity index (χ2n) is 5.10. The third-order valence-electron chi connectivity index (χ3n) is 4.02. The Morgan fingerprint density at radius 1 is 1.31 bits per heavy atom. The van der Waals surface area contributed by atoms with Crippen LogP contribution in [0.5, 0.6) is 0 Å². The Kier molecular flexibility index (Phi) is 2.03. The van der Waals surface area contributed by atoms with Crippen LogP contribution in [0.25, 0.3) is 0 Å². The molecule has 0 spiro atoms. The maximum atomic E-state index is 5.97. The van der Waals surface area contributed by atoms with Gasteiger partial charge in [-0.05, 0) is 18.1 Å². The zero-order valence-electron chi connectivity index (χ0n) is 10.1. The van der Waals surface area contributed by atoms with E-state index in [0.717, 1.165) is 13.0 Å². The Balaban J connectivity index is 2.10. The van der Waals surface area contributed by atoms with Gasteiger partial charge in [-0.15, -0.1) is 0 Å². The molecule has 1 saturated heterocycles. The van der Waals surface area contributed by atoms with Crippen LogP contribution in [0.4, 0.5) is 5.69 Å². The predicted molar refractivity (Wildman–Crippen MR) is 64.3 cm³/mol. The van der Waals surface area contributed by atoms with Crippen LogP contribution in [0.1, 0.15) is 18.9 Å². The molecule has 86 valence electrons. The lowest BCUT2D eigenvalue weighted by Gasteiger charge is -2.42. The van der Waals surface area contributed by atoms with Gasteiger partial charge in [0, 0.05) is 31.7 Å². The van der Waals surface area contributed by atoms with E-state index in [-0.39, 0.29) is 11.6 Å². The van der Waals surface area contributed by atoms with Crippen LogP contribution in [-0.4, -0.2) is 31.9 Å². The highest BCUT2D eigenvalue weighted by molar-refractivity contribution is 5.63. The van der Waals surface area contributed by atoms with E-state index in [9.17, 15) is 0 Å². The van der Waals surface area contributed by atoms with Crippen molar-refractivity contribution >= 4 is 5.69 Å². The molecule has 3 heteroatoms. The predicted octanol–water partition coefficient (Wildman–Crippen LogP) is 1.99. The topological polar surface area (TPSA) is 15.7 Å². The SMILES string of the molecule is CN1CCC2(C)c3ccccc3N(C)C2O1. The van der Waals surface area contributed by atoms with Gasteiger partial charge in [0.15, 0.2) is 6.23 Å². The van der Waals surface area contributed by atoms with E-state index in [2.05, 4.69) is 43.1 Å². The van der Waals surface area contributed by atoms with Crippen molar-refractivity contribution in [3.8, 4) is 0 Å². The van der Waals surface area contributed by atoms with Gasteiger partial charge in [-0.2, -0.15) is 5.06 Å². The molecular formula is C13H18N2O. The summed E-state index contributed by atoms with van der Waals surface area (Å²) in [7, 11) is 4.13. The number of para-hydroxylation sites is 1. The summed E-state index contributed by atoms with van der Waals surface area (Å²) < 4.78 is 0. The van der Waals surface area contributed by atoms with Crippen LogP contribution in [-0.2, 0) is 10.3 Å². The van der Waals surface area contributed by atoms with Crippen LogP contribution in [0.2, 0.25) is 0 Å². The summed E-state index contributed by atoms with van der Waals surface area (Å²) in [6.07, 6.45) is 1.29. The van der Waals surface area contributed by atoms with Crippen molar-refractivity contribution in [2.24, 2.45) is 0 Å². The summed E-state index contributed by atoms with van der Waals surface area (Å²) in [6, 6.07) is 8.64. The molecule has 1 fully saturated rings. The molecule has 0 amide bonds. The molecule has 0 bridgehead atoms. The monoisotopic (exact) mass is 218 g/mol. The van der Waals surface area contributed by atoms with Gasteiger partial charge in [0.2, 0.25) is 0 Å². The molecule has 0 aliphatic carbocycles. The van der Waals surface area contributed by atoms with Crippen LogP contribution in [0.3, 0.4) is 0 Å². The molecule has 0 N–H and O–H groups in total. The van der Waals surface area contributed by atoms with E-state index in [1.165, 1.54) is 11.3 Å². The molecule has 3 rings (SSSR count). The van der Waals surface area contributed by atoms with E-state index < -0.39 is 0 Å². The van der Waals surface area contributed by atoms with E-state index in [1.807, 2.05) is 12.1 Å². The minimum absolute atomic E-state index is 0.137. The second kappa shape index (κ2) is 3.22. The van der Waals surface area contributed by atoms with Gasteiger partial charge in [-0.25, -0.2) is 0 Å². The summed E-state index contributed by atoms with van der Waals surface area (Å²) in [5.41, 5.74) is 2.87. The lowest BCUT2D eigenvalue weighted by atomic mass is 9.79. The van der Waals surface area contributed by atoms with Gasteiger partial charge in [-0.3, -0.25) is 4.84 Å². The minimum atomic E-state index is 0.137. The number of benzene rings is 1. The second-order valence-corrected chi connectivity index (χ2v) is 5.10. The average molecular weight is 218 g/mol. The normalized spacial score (nSPS) is 33.7. The first kappa shape index (κ1) is 10.1. The first-order chi connectivity index (χ1) is 7.63. The molecule has 1 aromatic carbocycles. The molecule has 1 aromatic rings. The van der Waals surface area contributed by atoms with Gasteiger partial charge < -0.3 is 4.90 Å². The Morgan fingerprint density at radius 3 is 2.88 bits per heavy atom. The van der Waals surface area contributed by atoms with E-state index in [4.69, 9.17) is 4.84 Å². The number of anilines is 1. The summed E-state index contributed by atoms with van der Waals surface area (Å²) in [5.74, 6) is 0. The van der Waals surface area contributed by atoms with Gasteiger partial charge in [-0.1, -0.05) is 25.1 Å². The Hall–Kier alpha value is -1.06. The smallest absolute Gasteiger partial charge is 0.160 e. The number of hydrogen-bond acceptors (Lipinski definition) is 3. The lowest BCUT2D eigenvalue weighted by Crippen LogP contribution is -2.52. The molecule has 2 atom stereocenters. The zero-order chi connectivity index (χ0) is 11.3. The Labute approximate surface area is 96.6 Å². The van der Waals surface area contributed by atoms with Crippen LogP contribution in [0.15, 0.2) is 24.3 Å². The Morgan fingerprint density at radius 2 is 2.06 bits per heavy atom. The molecule has 0 radical (unpaired) electrons. The van der Waals surface area contributed by atoms with Crippen molar-refractivity contribution in [3.05, 3.63) is 29.8 Å². The molecule has 0 aromatic heterocycles. The highest BCUT2D eigenvalue weighted by Crippen LogP contribution is 2.48. The minimum Gasteiger partial charge on any atom is -0.347 e. The van der Waals surface area contributed by atoms with Gasteiger partial charge in [0.1, 0.15) is 0 Å². The van der Waals surface area contributed by atoms with Gasteiger partial charge >= 0.3 is 0 Å². The number of hydroxylamine groups is 2. The molecular weight excluding hydrogens is 200 g/mol. The van der Waals surface area contributed by atoms with E-state index in [0.29, 0.717) is 0 Å². The average Bonchev–Trinajstić information content (AvgIpc) is 2.52. The van der Waals surface area contributed by atoms with Crippen LogP contribution >= 0.6 is 0 Å². The van der Waals surface area contributed by atoms with E-state index in [1.54, 1.807) is 0 Å². The lowest BCUT2D eigenvalue weighted by molar-refractivity contribution is -0.226. The third kappa shape index (κ3) is 1.16. The van der Waals surface area contributed by atoms with Crippen molar-refractivity contribution in [2.75, 3.05) is 25.5 Å². The van der Waals surface area contributed by atoms with Crippen molar-refractivity contribution < 1.29 is 4.84 Å². The van der Waals surface area contributed by atoms with Crippen molar-refractivity contribution in [3.63, 3.8) is 0 Å². The standard InChI is InChI=1S/C13H18N2O/c1-13-8-9-14(2)16-12(13)15(3)11-7-5-4-6-10(11)13/h4-7,12H,8-9H2,1-3H3. The van der Waals surface area contributed by atoms with Crippen molar-refractivity contribution in [1.82, 2.24) is 5.06 Å². The highest BCUT2D eigenvalue weighted by atomic mass is 16.7. The van der Waals surface area contributed by atoms with Crippen molar-refractivity contribution in [2.45, 2.75) is 25.0 Å². The largest absolute Gasteiger partial charge is 0.347 e. The molecule has 16 heavy (non-hydrogen) atoms. The number of fused-ring (bicyclic) bond motifs is 3. The van der Waals surface area contributed by atoms with Gasteiger partial charge in [0.25, 0.3) is 0 Å². The quantitative estimate of drug-likeness (QED) is 0.662. The zero-order valence-corrected chi connectivity index (χ0v) is 10.1. The van der Waals surface area contributed by atoms with Crippen LogP contribution in [0, 0.1) is 0 Å². The summed E-state index contributed by atoms with van der Waals surface area (Å²) >= 11 is 0. The van der Waals surface area contributed by atoms with Crippen LogP contribution < -0.4 is 4.90 Å². The number of nitrogens with zero attached hydrogens (tertiary/aromatic N) is 2. The maximum absolute atomic E-state index is 5.97. The van der Waals surface area contributed by atoms with E-state index >= 15 is 0 Å². The third-order valence-corrected chi connectivity index (χ3v) is 4.02. The number of likely N-dealkylation sites (N-methyl/N-ethyl adjacent to an activating group) is 1.